The highest BCUT2D eigenvalue weighted by Gasteiger charge is 2.54. The lowest BCUT2D eigenvalue weighted by atomic mass is 9.77. The van der Waals surface area contributed by atoms with Crippen molar-refractivity contribution < 1.29 is 40.7 Å². The summed E-state index contributed by atoms with van der Waals surface area (Å²) in [5, 5.41) is 12.7. The molecule has 0 atom stereocenters. The van der Waals surface area contributed by atoms with Crippen molar-refractivity contribution in [2.45, 2.75) is 50.1 Å². The first-order valence-corrected chi connectivity index (χ1v) is 10.3. The van der Waals surface area contributed by atoms with E-state index in [1.807, 2.05) is 0 Å². The van der Waals surface area contributed by atoms with E-state index in [0.717, 1.165) is 12.1 Å². The van der Waals surface area contributed by atoms with Gasteiger partial charge in [0.2, 0.25) is 5.76 Å². The van der Waals surface area contributed by atoms with Gasteiger partial charge < -0.3 is 19.7 Å². The summed E-state index contributed by atoms with van der Waals surface area (Å²) in [7, 11) is 0. The minimum Gasteiger partial charge on any atom is -0.449 e. The number of carbonyl (C=O) groups is 1. The Bertz CT molecular complexity index is 1010. The summed E-state index contributed by atoms with van der Waals surface area (Å²) in [4.78, 5) is 14.1. The molecule has 0 spiro atoms. The number of alkyl halides is 6. The number of nitrogens with zero attached hydrogens (tertiary/aromatic N) is 1. The third-order valence-electron chi connectivity index (χ3n) is 6.45. The number of nitrogens with one attached hydrogen (secondary N) is 1. The number of hydrogen-bond acceptors (Lipinski definition) is 4. The van der Waals surface area contributed by atoms with Crippen molar-refractivity contribution >= 4 is 22.6 Å². The van der Waals surface area contributed by atoms with Gasteiger partial charge in [-0.3, -0.25) is 4.79 Å². The lowest BCUT2D eigenvalue weighted by molar-refractivity contribution is -0.272. The van der Waals surface area contributed by atoms with Crippen LogP contribution in [0, 0.1) is 5.92 Å². The molecule has 0 unspecified atom stereocenters. The second-order valence-corrected chi connectivity index (χ2v) is 8.49. The third-order valence-corrected chi connectivity index (χ3v) is 6.45. The van der Waals surface area contributed by atoms with Gasteiger partial charge in [0.05, 0.1) is 11.3 Å². The number of amides is 1. The Kier molecular flexibility index (Phi) is 5.59. The van der Waals surface area contributed by atoms with Crippen LogP contribution in [0.15, 0.2) is 22.6 Å². The van der Waals surface area contributed by atoms with Gasteiger partial charge in [0.1, 0.15) is 5.58 Å². The smallest absolute Gasteiger partial charge is 0.417 e. The summed E-state index contributed by atoms with van der Waals surface area (Å²) in [5.74, 6) is -0.677. The van der Waals surface area contributed by atoms with Crippen LogP contribution in [0.25, 0.3) is 11.0 Å². The van der Waals surface area contributed by atoms with Gasteiger partial charge in [-0.25, -0.2) is 0 Å². The number of carbonyl (C=O) groups excluding carboxylic acids is 1. The fourth-order valence-electron chi connectivity index (χ4n) is 4.51. The molecule has 0 saturated heterocycles. The summed E-state index contributed by atoms with van der Waals surface area (Å²) in [6.07, 6.45) is -9.13. The molecule has 4 rings (SSSR count). The Hall–Kier alpha value is -2.43. The molecule has 1 aliphatic carbocycles. The molecule has 1 amide bonds. The van der Waals surface area contributed by atoms with Crippen molar-refractivity contribution in [2.75, 3.05) is 24.5 Å². The maximum absolute atomic E-state index is 13.2. The molecule has 32 heavy (non-hydrogen) atoms. The van der Waals surface area contributed by atoms with Crippen LogP contribution in [0.4, 0.5) is 32.0 Å². The summed E-state index contributed by atoms with van der Waals surface area (Å²) in [6.45, 7) is 0.909. The van der Waals surface area contributed by atoms with Crippen LogP contribution in [0.2, 0.25) is 0 Å². The number of rotatable bonds is 3. The lowest BCUT2D eigenvalue weighted by Crippen LogP contribution is -2.48. The van der Waals surface area contributed by atoms with Crippen LogP contribution in [0.1, 0.15) is 48.2 Å². The largest absolute Gasteiger partial charge is 0.449 e. The molecule has 2 aliphatic rings. The van der Waals surface area contributed by atoms with Crippen LogP contribution < -0.4 is 10.2 Å². The Labute approximate surface area is 179 Å². The highest BCUT2D eigenvalue weighted by atomic mass is 19.4. The molecule has 1 fully saturated rings. The fourth-order valence-corrected chi connectivity index (χ4v) is 4.51. The van der Waals surface area contributed by atoms with Crippen molar-refractivity contribution in [3.63, 3.8) is 0 Å². The zero-order chi connectivity index (χ0) is 23.3. The van der Waals surface area contributed by atoms with E-state index in [1.54, 1.807) is 4.90 Å². The van der Waals surface area contributed by atoms with Crippen LogP contribution >= 0.6 is 0 Å². The van der Waals surface area contributed by atoms with Gasteiger partial charge in [-0.2, -0.15) is 26.3 Å². The zero-order valence-electron chi connectivity index (χ0n) is 16.9. The van der Waals surface area contributed by atoms with Gasteiger partial charge in [-0.1, -0.05) is 0 Å². The molecule has 1 saturated carbocycles. The van der Waals surface area contributed by atoms with Crippen molar-refractivity contribution in [3.05, 3.63) is 29.5 Å². The molecular formula is C21H22F6N2O3. The van der Waals surface area contributed by atoms with Gasteiger partial charge in [-0.15, -0.1) is 0 Å². The lowest BCUT2D eigenvalue weighted by Gasteiger charge is -2.37. The van der Waals surface area contributed by atoms with E-state index in [4.69, 9.17) is 4.42 Å². The molecule has 0 bridgehead atoms. The highest BCUT2D eigenvalue weighted by molar-refractivity contribution is 6.07. The number of aliphatic hydroxyl groups is 1. The number of hydrogen-bond donors (Lipinski definition) is 2. The van der Waals surface area contributed by atoms with Gasteiger partial charge >= 0.3 is 12.4 Å². The van der Waals surface area contributed by atoms with E-state index in [9.17, 15) is 36.2 Å². The van der Waals surface area contributed by atoms with E-state index in [-0.39, 0.29) is 60.6 Å². The topological polar surface area (TPSA) is 65.7 Å². The van der Waals surface area contributed by atoms with E-state index < -0.39 is 29.4 Å². The first-order valence-electron chi connectivity index (χ1n) is 10.3. The average Bonchev–Trinajstić information content (AvgIpc) is 3.01. The molecule has 11 heteroatoms. The van der Waals surface area contributed by atoms with Gasteiger partial charge in [0, 0.05) is 25.0 Å². The summed E-state index contributed by atoms with van der Waals surface area (Å²) in [6, 6.07) is 3.02. The SMILES string of the molecule is O=C1NCCN(CC[C@H]2CC[C@](O)(C(F)(F)F)CC2)c2c1oc1ccc(C(F)(F)F)cc21. The van der Waals surface area contributed by atoms with Crippen molar-refractivity contribution in [3.8, 4) is 0 Å². The Morgan fingerprint density at radius 3 is 2.47 bits per heavy atom. The van der Waals surface area contributed by atoms with E-state index in [0.29, 0.717) is 19.5 Å². The van der Waals surface area contributed by atoms with Crippen molar-refractivity contribution in [2.24, 2.45) is 5.92 Å². The van der Waals surface area contributed by atoms with E-state index in [2.05, 4.69) is 5.32 Å². The Morgan fingerprint density at radius 1 is 1.16 bits per heavy atom. The quantitative estimate of drug-likeness (QED) is 0.636. The maximum Gasteiger partial charge on any atom is 0.417 e. The molecular weight excluding hydrogens is 442 g/mol. The van der Waals surface area contributed by atoms with Crippen LogP contribution in [0.3, 0.4) is 0 Å². The van der Waals surface area contributed by atoms with Crippen molar-refractivity contribution in [1.82, 2.24) is 5.32 Å². The highest BCUT2D eigenvalue weighted by Crippen LogP contribution is 2.44. The fraction of sp³-hybridized carbons (Fsp3) is 0.571. The standard InChI is InChI=1S/C21H22F6N2O3/c22-20(23,24)13-1-2-15-14(11-13)16-17(32-15)18(30)28-8-10-29(16)9-5-12-3-6-19(31,7-4-12)21(25,26)27/h1-2,11-12,31H,3-10H2,(H,28,30)/t12-,19+. The van der Waals surface area contributed by atoms with Crippen LogP contribution in [-0.4, -0.2) is 42.4 Å². The van der Waals surface area contributed by atoms with E-state index >= 15 is 0 Å². The number of furan rings is 1. The first kappa shape index (κ1) is 22.8. The number of fused-ring (bicyclic) bond motifs is 3. The predicted octanol–water partition coefficient (Wildman–Crippen LogP) is 4.88. The molecule has 2 aromatic rings. The minimum absolute atomic E-state index is 0.0723. The summed E-state index contributed by atoms with van der Waals surface area (Å²) in [5.41, 5.74) is -3.11. The molecule has 1 aliphatic heterocycles. The molecule has 2 N–H and O–H groups in total. The van der Waals surface area contributed by atoms with Gasteiger partial charge in [-0.05, 0) is 56.2 Å². The molecule has 5 nitrogen and oxygen atoms in total. The number of halogens is 6. The molecule has 1 aromatic heterocycles. The van der Waals surface area contributed by atoms with Crippen LogP contribution in [-0.2, 0) is 6.18 Å². The number of benzene rings is 1. The normalized spacial score (nSPS) is 24.9. The summed E-state index contributed by atoms with van der Waals surface area (Å²) >= 11 is 0. The average molecular weight is 464 g/mol. The molecule has 2 heterocycles. The number of anilines is 1. The molecule has 0 radical (unpaired) electrons. The predicted molar refractivity (Wildman–Crippen MR) is 103 cm³/mol. The van der Waals surface area contributed by atoms with Crippen LogP contribution in [0.5, 0.6) is 0 Å². The van der Waals surface area contributed by atoms with Crippen molar-refractivity contribution in [1.29, 1.82) is 0 Å². The molecule has 1 aromatic carbocycles. The second-order valence-electron chi connectivity index (χ2n) is 8.49. The van der Waals surface area contributed by atoms with Gasteiger partial charge in [0.25, 0.3) is 5.91 Å². The second kappa shape index (κ2) is 7.86. The van der Waals surface area contributed by atoms with E-state index in [1.165, 1.54) is 6.07 Å². The minimum atomic E-state index is -4.67. The molecule has 176 valence electrons. The third kappa shape index (κ3) is 4.14. The monoisotopic (exact) mass is 464 g/mol. The summed E-state index contributed by atoms with van der Waals surface area (Å²) < 4.78 is 84.3. The Morgan fingerprint density at radius 2 is 1.84 bits per heavy atom. The van der Waals surface area contributed by atoms with Gasteiger partial charge in [0.15, 0.2) is 5.60 Å². The maximum atomic E-state index is 13.2. The first-order chi connectivity index (χ1) is 14.9. The zero-order valence-corrected chi connectivity index (χ0v) is 16.9. The Balaban J connectivity index is 1.56.